The molecule has 1 aliphatic rings. The molecule has 0 aromatic carbocycles. The Bertz CT molecular complexity index is 1100. The van der Waals surface area contributed by atoms with E-state index >= 15 is 0 Å². The summed E-state index contributed by atoms with van der Waals surface area (Å²) in [4.78, 5) is 34.1. The second-order valence-corrected chi connectivity index (χ2v) is 8.65. The lowest BCUT2D eigenvalue weighted by Gasteiger charge is -2.34. The van der Waals surface area contributed by atoms with Gasteiger partial charge in [0, 0.05) is 12.6 Å². The van der Waals surface area contributed by atoms with Crippen LogP contribution in [-0.4, -0.2) is 57.3 Å². The number of β-amino-alcohol motifs (C(OH)–C–C–N with tert-alkyl or cyclic N) is 1. The molecule has 8 nitrogen and oxygen atoms in total. The van der Waals surface area contributed by atoms with Crippen LogP contribution in [0.25, 0.3) is 10.2 Å². The minimum Gasteiger partial charge on any atom is -0.394 e. The van der Waals surface area contributed by atoms with Crippen LogP contribution in [0.1, 0.15) is 16.1 Å². The second-order valence-electron chi connectivity index (χ2n) is 6.61. The van der Waals surface area contributed by atoms with Crippen molar-refractivity contribution in [3.63, 3.8) is 0 Å². The van der Waals surface area contributed by atoms with Gasteiger partial charge in [0.2, 0.25) is 0 Å². The molecule has 3 aromatic heterocycles. The molecule has 0 bridgehead atoms. The number of H-pyrrole nitrogens is 1. The molecule has 4 N–H and O–H groups in total. The van der Waals surface area contributed by atoms with Crippen LogP contribution in [0.4, 0.5) is 5.82 Å². The highest BCUT2D eigenvalue weighted by atomic mass is 35.5. The summed E-state index contributed by atoms with van der Waals surface area (Å²) in [7, 11) is 0. The van der Waals surface area contributed by atoms with E-state index in [1.807, 2.05) is 0 Å². The monoisotopic (exact) mass is 454 g/mol. The number of aromatic amines is 1. The molecule has 0 fully saturated rings. The molecular weight excluding hydrogens is 439 g/mol. The first-order valence-electron chi connectivity index (χ1n) is 8.70. The van der Waals surface area contributed by atoms with Crippen molar-refractivity contribution < 1.29 is 19.8 Å². The van der Waals surface area contributed by atoms with E-state index in [9.17, 15) is 14.7 Å². The van der Waals surface area contributed by atoms with E-state index in [0.717, 1.165) is 10.3 Å². The van der Waals surface area contributed by atoms with Crippen molar-refractivity contribution in [2.24, 2.45) is 0 Å². The molecule has 11 heteroatoms. The fourth-order valence-electron chi connectivity index (χ4n) is 3.27. The Labute approximate surface area is 179 Å². The molecular formula is C18H16Cl2N4O4S. The molecule has 1 unspecified atom stereocenters. The predicted molar refractivity (Wildman–Crippen MR) is 111 cm³/mol. The summed E-state index contributed by atoms with van der Waals surface area (Å²) in [6.07, 6.45) is 0.690. The lowest BCUT2D eigenvalue weighted by atomic mass is 9.99. The molecule has 2 amide bonds. The molecule has 0 saturated carbocycles. The summed E-state index contributed by atoms with van der Waals surface area (Å²) in [5.41, 5.74) is 1.59. The minimum absolute atomic E-state index is 0.127. The van der Waals surface area contributed by atoms with Gasteiger partial charge in [-0.05, 0) is 17.7 Å². The maximum absolute atomic E-state index is 13.0. The number of carbonyl (C=O) groups is 2. The number of fused-ring (bicyclic) bond motifs is 2. The Morgan fingerprint density at radius 3 is 3.00 bits per heavy atom. The molecule has 152 valence electrons. The third-order valence-electron chi connectivity index (χ3n) is 4.64. The van der Waals surface area contributed by atoms with E-state index in [2.05, 4.69) is 15.3 Å². The summed E-state index contributed by atoms with van der Waals surface area (Å²) >= 11 is 13.4. The van der Waals surface area contributed by atoms with Crippen LogP contribution in [0, 0.1) is 0 Å². The van der Waals surface area contributed by atoms with Gasteiger partial charge in [-0.25, -0.2) is 4.98 Å². The topological polar surface area (TPSA) is 119 Å². The molecule has 3 aromatic rings. The Hall–Kier alpha value is -2.17. The Kier molecular flexibility index (Phi) is 5.50. The number of rotatable bonds is 5. The SMILES string of the molecule is O=C(NC1Cc2cccnc2N(C[C@@H](O)CO)C1=O)c1cc2sc(Cl)c(Cl)c2[nH]1. The fraction of sp³-hybridized carbons (Fsp3) is 0.278. The lowest BCUT2D eigenvalue weighted by Crippen LogP contribution is -2.55. The van der Waals surface area contributed by atoms with E-state index in [4.69, 9.17) is 28.3 Å². The van der Waals surface area contributed by atoms with E-state index in [1.54, 1.807) is 24.4 Å². The number of nitrogens with one attached hydrogen (secondary N) is 2. The second kappa shape index (κ2) is 7.92. The number of aromatic nitrogens is 2. The van der Waals surface area contributed by atoms with Gasteiger partial charge in [0.25, 0.3) is 11.8 Å². The number of halogens is 2. The summed E-state index contributed by atoms with van der Waals surface area (Å²) in [6, 6.07) is 4.33. The Morgan fingerprint density at radius 1 is 1.48 bits per heavy atom. The first-order chi connectivity index (χ1) is 13.9. The van der Waals surface area contributed by atoms with Gasteiger partial charge >= 0.3 is 0 Å². The van der Waals surface area contributed by atoms with Crippen LogP contribution in [0.2, 0.25) is 9.36 Å². The summed E-state index contributed by atoms with van der Waals surface area (Å²) < 4.78 is 1.17. The van der Waals surface area contributed by atoms with Gasteiger partial charge in [-0.3, -0.25) is 14.5 Å². The largest absolute Gasteiger partial charge is 0.394 e. The molecule has 4 heterocycles. The number of hydrogen-bond donors (Lipinski definition) is 4. The summed E-state index contributed by atoms with van der Waals surface area (Å²) in [5.74, 6) is -0.460. The molecule has 0 radical (unpaired) electrons. The predicted octanol–water partition coefficient (Wildman–Crippen LogP) is 1.97. The zero-order valence-corrected chi connectivity index (χ0v) is 17.2. The van der Waals surface area contributed by atoms with E-state index in [1.165, 1.54) is 16.2 Å². The average molecular weight is 455 g/mol. The Morgan fingerprint density at radius 2 is 2.28 bits per heavy atom. The number of hydrogen-bond acceptors (Lipinski definition) is 6. The number of anilines is 1. The third-order valence-corrected chi connectivity index (χ3v) is 6.57. The highest BCUT2D eigenvalue weighted by molar-refractivity contribution is 7.23. The van der Waals surface area contributed by atoms with Gasteiger partial charge in [-0.15, -0.1) is 11.3 Å². The number of amides is 2. The zero-order valence-electron chi connectivity index (χ0n) is 14.9. The maximum Gasteiger partial charge on any atom is 0.268 e. The molecule has 0 saturated heterocycles. The fourth-order valence-corrected chi connectivity index (χ4v) is 4.75. The van der Waals surface area contributed by atoms with Gasteiger partial charge in [-0.1, -0.05) is 29.3 Å². The van der Waals surface area contributed by atoms with Crippen LogP contribution in [0.5, 0.6) is 0 Å². The number of aliphatic hydroxyl groups excluding tert-OH is 2. The molecule has 1 aliphatic heterocycles. The van der Waals surface area contributed by atoms with Crippen LogP contribution < -0.4 is 10.2 Å². The molecule has 2 atom stereocenters. The van der Waals surface area contributed by atoms with Crippen molar-refractivity contribution in [2.45, 2.75) is 18.6 Å². The zero-order chi connectivity index (χ0) is 20.7. The van der Waals surface area contributed by atoms with Crippen molar-refractivity contribution in [2.75, 3.05) is 18.1 Å². The lowest BCUT2D eigenvalue weighted by molar-refractivity contribution is -0.121. The number of nitrogens with zero attached hydrogens (tertiary/aromatic N) is 2. The van der Waals surface area contributed by atoms with Crippen LogP contribution >= 0.6 is 34.5 Å². The summed E-state index contributed by atoms with van der Waals surface area (Å²) in [6.45, 7) is -0.621. The normalized spacial score (nSPS) is 17.4. The summed E-state index contributed by atoms with van der Waals surface area (Å²) in [5, 5.41) is 22.0. The first kappa shape index (κ1) is 20.1. The van der Waals surface area contributed by atoms with Crippen LogP contribution in [-0.2, 0) is 11.2 Å². The van der Waals surface area contributed by atoms with Crippen molar-refractivity contribution >= 4 is 62.4 Å². The van der Waals surface area contributed by atoms with Crippen molar-refractivity contribution in [1.82, 2.24) is 15.3 Å². The number of aliphatic hydroxyl groups is 2. The van der Waals surface area contributed by atoms with Crippen molar-refractivity contribution in [3.8, 4) is 0 Å². The quantitative estimate of drug-likeness (QED) is 0.469. The van der Waals surface area contributed by atoms with Gasteiger partial charge in [-0.2, -0.15) is 0 Å². The standard InChI is InChI=1S/C18H16Cl2N4O4S/c19-13-14-12(29-15(13)20)5-10(22-14)17(27)23-11-4-8-2-1-3-21-16(8)24(18(11)28)6-9(26)7-25/h1-3,5,9,11,22,25-26H,4,6-7H2,(H,23,27)/t9-,11?/m1/s1. The highest BCUT2D eigenvalue weighted by Crippen LogP contribution is 2.38. The number of pyridine rings is 1. The molecule has 0 spiro atoms. The van der Waals surface area contributed by atoms with Gasteiger partial charge in [0.1, 0.15) is 21.9 Å². The first-order valence-corrected chi connectivity index (χ1v) is 10.3. The molecule has 29 heavy (non-hydrogen) atoms. The highest BCUT2D eigenvalue weighted by Gasteiger charge is 2.36. The van der Waals surface area contributed by atoms with Crippen molar-refractivity contribution in [1.29, 1.82) is 0 Å². The van der Waals surface area contributed by atoms with E-state index in [0.29, 0.717) is 20.7 Å². The number of thiophene rings is 1. The van der Waals surface area contributed by atoms with Crippen LogP contribution in [0.15, 0.2) is 24.4 Å². The van der Waals surface area contributed by atoms with Gasteiger partial charge in [0.05, 0.1) is 34.5 Å². The number of carbonyl (C=O) groups excluding carboxylic acids is 2. The van der Waals surface area contributed by atoms with E-state index in [-0.39, 0.29) is 18.7 Å². The molecule has 0 aliphatic carbocycles. The van der Waals surface area contributed by atoms with Gasteiger partial charge < -0.3 is 20.5 Å². The smallest absolute Gasteiger partial charge is 0.268 e. The van der Waals surface area contributed by atoms with E-state index < -0.39 is 30.6 Å². The maximum atomic E-state index is 13.0. The minimum atomic E-state index is -1.12. The molecule has 4 rings (SSSR count). The average Bonchev–Trinajstić information content (AvgIpc) is 3.24. The van der Waals surface area contributed by atoms with Gasteiger partial charge in [0.15, 0.2) is 0 Å². The van der Waals surface area contributed by atoms with Crippen LogP contribution in [0.3, 0.4) is 0 Å². The third kappa shape index (κ3) is 3.72. The Balaban J connectivity index is 1.58. The van der Waals surface area contributed by atoms with Crippen molar-refractivity contribution in [3.05, 3.63) is 45.0 Å².